The molecule has 15 heavy (non-hydrogen) atoms. The molecular weight excluding hydrogens is 206 g/mol. The van der Waals surface area contributed by atoms with E-state index in [0.29, 0.717) is 17.9 Å². The Morgan fingerprint density at radius 1 is 1.40 bits per heavy atom. The molecule has 0 aromatic heterocycles. The van der Waals surface area contributed by atoms with Crippen LogP contribution in [-0.2, 0) is 4.79 Å². The highest BCUT2D eigenvalue weighted by molar-refractivity contribution is 8.00. The number of carbonyl (C=O) groups excluding carboxylic acids is 1. The maximum absolute atomic E-state index is 11.5. The van der Waals surface area contributed by atoms with Crippen molar-refractivity contribution in [2.24, 2.45) is 0 Å². The van der Waals surface area contributed by atoms with Gasteiger partial charge in [0.05, 0.1) is 0 Å². The maximum Gasteiger partial charge on any atom is 0.134 e. The number of nitrogens with zero attached hydrogens (tertiary/aromatic N) is 1. The van der Waals surface area contributed by atoms with Gasteiger partial charge in [0.2, 0.25) is 0 Å². The smallest absolute Gasteiger partial charge is 0.134 e. The Labute approximate surface area is 96.8 Å². The molecule has 0 radical (unpaired) electrons. The predicted molar refractivity (Wildman–Crippen MR) is 65.4 cm³/mol. The van der Waals surface area contributed by atoms with E-state index in [4.69, 9.17) is 0 Å². The fraction of sp³-hybridized carbons (Fsp3) is 0.917. The summed E-state index contributed by atoms with van der Waals surface area (Å²) in [6.07, 6.45) is 3.96. The van der Waals surface area contributed by atoms with Gasteiger partial charge in [-0.05, 0) is 19.8 Å². The fourth-order valence-electron chi connectivity index (χ4n) is 2.76. The van der Waals surface area contributed by atoms with Crippen molar-refractivity contribution < 1.29 is 4.79 Å². The van der Waals surface area contributed by atoms with Crippen LogP contribution in [0.4, 0.5) is 0 Å². The van der Waals surface area contributed by atoms with Crippen molar-refractivity contribution in [2.45, 2.75) is 56.9 Å². The average Bonchev–Trinajstić information content (AvgIpc) is 2.22. The highest BCUT2D eigenvalue weighted by Crippen LogP contribution is 2.30. The molecule has 2 fully saturated rings. The summed E-state index contributed by atoms with van der Waals surface area (Å²) < 4.78 is 0. The van der Waals surface area contributed by atoms with E-state index in [1.54, 1.807) is 0 Å². The lowest BCUT2D eigenvalue weighted by molar-refractivity contribution is -0.122. The van der Waals surface area contributed by atoms with E-state index in [9.17, 15) is 4.79 Å². The minimum absolute atomic E-state index is 0.476. The molecule has 0 amide bonds. The van der Waals surface area contributed by atoms with Crippen LogP contribution in [0.2, 0.25) is 0 Å². The number of hydrogen-bond acceptors (Lipinski definition) is 3. The first-order valence-corrected chi connectivity index (χ1v) is 7.12. The van der Waals surface area contributed by atoms with Crippen LogP contribution in [0.5, 0.6) is 0 Å². The predicted octanol–water partition coefficient (Wildman–Crippen LogP) is 2.32. The first-order chi connectivity index (χ1) is 7.18. The molecule has 1 saturated carbocycles. The Morgan fingerprint density at radius 3 is 2.93 bits per heavy atom. The Balaban J connectivity index is 1.98. The zero-order chi connectivity index (χ0) is 10.8. The van der Waals surface area contributed by atoms with Crippen molar-refractivity contribution >= 4 is 17.5 Å². The van der Waals surface area contributed by atoms with Gasteiger partial charge in [0, 0.05) is 42.5 Å². The van der Waals surface area contributed by atoms with Crippen LogP contribution in [0, 0.1) is 0 Å². The lowest BCUT2D eigenvalue weighted by Crippen LogP contribution is -2.51. The molecule has 0 aromatic rings. The summed E-state index contributed by atoms with van der Waals surface area (Å²) in [6, 6.07) is 1.18. The van der Waals surface area contributed by atoms with Crippen LogP contribution >= 0.6 is 11.8 Å². The molecule has 0 spiro atoms. The van der Waals surface area contributed by atoms with E-state index < -0.39 is 0 Å². The Bertz CT molecular complexity index is 244. The molecule has 1 aliphatic heterocycles. The van der Waals surface area contributed by atoms with Gasteiger partial charge < -0.3 is 0 Å². The SMILES string of the molecule is CC1SCCN(C2CCCC(=O)C2)C1C. The van der Waals surface area contributed by atoms with Gasteiger partial charge in [-0.15, -0.1) is 0 Å². The molecule has 0 aromatic carbocycles. The second kappa shape index (κ2) is 4.88. The highest BCUT2D eigenvalue weighted by atomic mass is 32.2. The third-order valence-corrected chi connectivity index (χ3v) is 5.20. The van der Waals surface area contributed by atoms with Gasteiger partial charge in [0.15, 0.2) is 0 Å². The maximum atomic E-state index is 11.5. The number of thioether (sulfide) groups is 1. The van der Waals surface area contributed by atoms with Crippen LogP contribution in [0.15, 0.2) is 0 Å². The van der Waals surface area contributed by atoms with Crippen molar-refractivity contribution in [3.63, 3.8) is 0 Å². The average molecular weight is 227 g/mol. The normalized spacial score (nSPS) is 39.3. The Morgan fingerprint density at radius 2 is 2.20 bits per heavy atom. The Kier molecular flexibility index (Phi) is 3.73. The third kappa shape index (κ3) is 2.56. The van der Waals surface area contributed by atoms with Crippen LogP contribution in [0.25, 0.3) is 0 Å². The molecule has 3 heteroatoms. The van der Waals surface area contributed by atoms with Gasteiger partial charge in [0.25, 0.3) is 0 Å². The molecule has 3 atom stereocenters. The number of ketones is 1. The Hall–Kier alpha value is -0.0200. The second-order valence-electron chi connectivity index (χ2n) is 4.84. The summed E-state index contributed by atoms with van der Waals surface area (Å²) in [5, 5.41) is 0.718. The largest absolute Gasteiger partial charge is 0.300 e. The number of hydrogen-bond donors (Lipinski definition) is 0. The molecule has 1 heterocycles. The van der Waals surface area contributed by atoms with Crippen molar-refractivity contribution in [1.29, 1.82) is 0 Å². The van der Waals surface area contributed by atoms with E-state index >= 15 is 0 Å². The minimum Gasteiger partial charge on any atom is -0.300 e. The van der Waals surface area contributed by atoms with E-state index in [2.05, 4.69) is 30.5 Å². The summed E-state index contributed by atoms with van der Waals surface area (Å²) in [5.74, 6) is 1.71. The quantitative estimate of drug-likeness (QED) is 0.686. The minimum atomic E-state index is 0.476. The van der Waals surface area contributed by atoms with Crippen molar-refractivity contribution in [3.05, 3.63) is 0 Å². The summed E-state index contributed by atoms with van der Waals surface area (Å²) >= 11 is 2.07. The van der Waals surface area contributed by atoms with Crippen molar-refractivity contribution in [2.75, 3.05) is 12.3 Å². The summed E-state index contributed by atoms with van der Waals surface area (Å²) in [6.45, 7) is 5.80. The van der Waals surface area contributed by atoms with E-state index in [1.807, 2.05) is 0 Å². The monoisotopic (exact) mass is 227 g/mol. The van der Waals surface area contributed by atoms with Gasteiger partial charge in [0.1, 0.15) is 5.78 Å². The summed E-state index contributed by atoms with van der Waals surface area (Å²) in [7, 11) is 0. The molecule has 86 valence electrons. The van der Waals surface area contributed by atoms with Crippen molar-refractivity contribution in [3.8, 4) is 0 Å². The molecule has 2 nitrogen and oxygen atoms in total. The first kappa shape index (κ1) is 11.5. The summed E-state index contributed by atoms with van der Waals surface area (Å²) in [4.78, 5) is 14.1. The van der Waals surface area contributed by atoms with Gasteiger partial charge >= 0.3 is 0 Å². The molecule has 2 aliphatic rings. The van der Waals surface area contributed by atoms with E-state index in [-0.39, 0.29) is 0 Å². The molecular formula is C12H21NOS. The van der Waals surface area contributed by atoms with Gasteiger partial charge in [-0.25, -0.2) is 0 Å². The standard InChI is InChI=1S/C12H21NOS/c1-9-10(2)15-7-6-13(9)11-4-3-5-12(14)8-11/h9-11H,3-8H2,1-2H3. The van der Waals surface area contributed by atoms with E-state index in [0.717, 1.165) is 24.5 Å². The van der Waals surface area contributed by atoms with Crippen LogP contribution in [-0.4, -0.2) is 40.3 Å². The molecule has 3 unspecified atom stereocenters. The zero-order valence-electron chi connectivity index (χ0n) is 9.74. The van der Waals surface area contributed by atoms with Gasteiger partial charge in [-0.3, -0.25) is 9.69 Å². The fourth-order valence-corrected chi connectivity index (χ4v) is 3.88. The highest BCUT2D eigenvalue weighted by Gasteiger charge is 2.32. The second-order valence-corrected chi connectivity index (χ2v) is 6.33. The zero-order valence-corrected chi connectivity index (χ0v) is 10.6. The first-order valence-electron chi connectivity index (χ1n) is 6.07. The molecule has 1 saturated heterocycles. The van der Waals surface area contributed by atoms with Crippen LogP contribution in [0.3, 0.4) is 0 Å². The molecule has 0 bridgehead atoms. The lowest BCUT2D eigenvalue weighted by atomic mass is 9.92. The van der Waals surface area contributed by atoms with Gasteiger partial charge in [-0.1, -0.05) is 6.92 Å². The molecule has 2 rings (SSSR count). The summed E-state index contributed by atoms with van der Waals surface area (Å²) in [5.41, 5.74) is 0. The van der Waals surface area contributed by atoms with Crippen molar-refractivity contribution in [1.82, 2.24) is 4.90 Å². The van der Waals surface area contributed by atoms with Gasteiger partial charge in [-0.2, -0.15) is 11.8 Å². The lowest BCUT2D eigenvalue weighted by Gasteiger charge is -2.43. The number of carbonyl (C=O) groups is 1. The number of Topliss-reactive ketones (excluding diaryl/α,β-unsaturated/α-hetero) is 1. The van der Waals surface area contributed by atoms with E-state index in [1.165, 1.54) is 18.7 Å². The van der Waals surface area contributed by atoms with Crippen LogP contribution < -0.4 is 0 Å². The topological polar surface area (TPSA) is 20.3 Å². The third-order valence-electron chi connectivity index (χ3n) is 3.86. The number of rotatable bonds is 1. The van der Waals surface area contributed by atoms with Crippen LogP contribution in [0.1, 0.15) is 39.5 Å². The molecule has 0 N–H and O–H groups in total. The molecule has 1 aliphatic carbocycles.